The number of carbonyl (C=O) groups excluding carboxylic acids is 1. The number of amides is 1. The van der Waals surface area contributed by atoms with Gasteiger partial charge in [-0.3, -0.25) is 0 Å². The maximum atomic E-state index is 11.4. The van der Waals surface area contributed by atoms with Crippen molar-refractivity contribution in [3.63, 3.8) is 0 Å². The Balaban J connectivity index is 4.13. The molecule has 0 aliphatic carbocycles. The van der Waals surface area contributed by atoms with Gasteiger partial charge in [-0.05, 0) is 39.3 Å². The first-order valence-corrected chi connectivity index (χ1v) is 5.52. The monoisotopic (exact) mass is 241 g/mol. The lowest BCUT2D eigenvalue weighted by Crippen LogP contribution is -2.33. The molecular formula is C12H23N3O2. The van der Waals surface area contributed by atoms with Crippen molar-refractivity contribution < 1.29 is 9.53 Å². The van der Waals surface area contributed by atoms with Crippen LogP contribution in [-0.4, -0.2) is 30.3 Å². The fourth-order valence-electron chi connectivity index (χ4n) is 0.959. The third kappa shape index (κ3) is 9.44. The Hall–Kier alpha value is -1.49. The zero-order chi connectivity index (χ0) is 13.5. The van der Waals surface area contributed by atoms with Crippen LogP contribution in [0.3, 0.4) is 0 Å². The summed E-state index contributed by atoms with van der Waals surface area (Å²) in [6.45, 7) is 7.79. The number of carbonyl (C=O) groups is 1. The van der Waals surface area contributed by atoms with E-state index in [0.29, 0.717) is 6.54 Å². The minimum absolute atomic E-state index is 0.412. The average molecular weight is 241 g/mol. The van der Waals surface area contributed by atoms with Crippen LogP contribution in [0.4, 0.5) is 4.79 Å². The quantitative estimate of drug-likeness (QED) is 0.447. The van der Waals surface area contributed by atoms with Crippen LogP contribution < -0.4 is 11.2 Å². The highest BCUT2D eigenvalue weighted by Gasteiger charge is 2.15. The van der Waals surface area contributed by atoms with E-state index in [2.05, 4.69) is 5.32 Å². The molecule has 17 heavy (non-hydrogen) atoms. The highest BCUT2D eigenvalue weighted by molar-refractivity contribution is 5.68. The molecule has 0 saturated carbocycles. The summed E-state index contributed by atoms with van der Waals surface area (Å²) in [4.78, 5) is 11.4. The molecule has 0 spiro atoms. The molecule has 0 heterocycles. The molecule has 0 fully saturated rings. The Bertz CT molecular complexity index is 301. The number of nitrogens with two attached hydrogens (primary N) is 1. The fraction of sp³-hybridized carbons (Fsp3) is 0.583. The van der Waals surface area contributed by atoms with Gasteiger partial charge in [-0.25, -0.2) is 10.6 Å². The normalized spacial score (nSPS) is 12.7. The van der Waals surface area contributed by atoms with Crippen LogP contribution in [0, 0.1) is 0 Å². The molecule has 0 saturated heterocycles. The van der Waals surface area contributed by atoms with Crippen LogP contribution in [0.25, 0.3) is 0 Å². The molecule has 0 radical (unpaired) electrons. The largest absolute Gasteiger partial charge is 0.444 e. The zero-order valence-electron chi connectivity index (χ0n) is 11.3. The van der Waals surface area contributed by atoms with Gasteiger partial charge < -0.3 is 15.1 Å². The second kappa shape index (κ2) is 6.96. The molecule has 1 amide bonds. The van der Waals surface area contributed by atoms with Crippen LogP contribution >= 0.6 is 0 Å². The van der Waals surface area contributed by atoms with Crippen molar-refractivity contribution in [1.29, 1.82) is 0 Å². The maximum absolute atomic E-state index is 11.4. The van der Waals surface area contributed by atoms with E-state index >= 15 is 0 Å². The summed E-state index contributed by atoms with van der Waals surface area (Å²) in [7, 11) is 1.73. The predicted octanol–water partition coefficient (Wildman–Crippen LogP) is 1.78. The number of hydrogen-bond donors (Lipinski definition) is 2. The molecule has 0 aliphatic heterocycles. The minimum Gasteiger partial charge on any atom is -0.444 e. The van der Waals surface area contributed by atoms with Crippen molar-refractivity contribution in [2.45, 2.75) is 33.3 Å². The van der Waals surface area contributed by atoms with E-state index in [9.17, 15) is 4.79 Å². The Morgan fingerprint density at radius 2 is 2.06 bits per heavy atom. The number of allylic oxidation sites excluding steroid dienone is 1. The average Bonchev–Trinajstić information content (AvgIpc) is 2.14. The van der Waals surface area contributed by atoms with Crippen molar-refractivity contribution in [2.24, 2.45) is 5.84 Å². The first-order valence-electron chi connectivity index (χ1n) is 5.52. The van der Waals surface area contributed by atoms with Crippen molar-refractivity contribution in [1.82, 2.24) is 10.3 Å². The lowest BCUT2D eigenvalue weighted by Gasteiger charge is -2.19. The summed E-state index contributed by atoms with van der Waals surface area (Å²) in [5, 5.41) is 4.12. The number of alkyl carbamates (subject to hydrolysis) is 1. The smallest absolute Gasteiger partial charge is 0.407 e. The van der Waals surface area contributed by atoms with E-state index in [1.165, 1.54) is 5.01 Å². The summed E-state index contributed by atoms with van der Waals surface area (Å²) in [6, 6.07) is 0. The number of ether oxygens (including phenoxy) is 1. The summed E-state index contributed by atoms with van der Waals surface area (Å²) in [6.07, 6.45) is 5.02. The van der Waals surface area contributed by atoms with E-state index in [-0.39, 0.29) is 0 Å². The molecule has 0 aliphatic rings. The molecule has 0 aromatic rings. The van der Waals surface area contributed by atoms with Crippen LogP contribution in [0.2, 0.25) is 0 Å². The number of nitrogens with zero attached hydrogens (tertiary/aromatic N) is 1. The standard InChI is InChI=1S/C12H23N3O2/c1-6-10(7-8-15(5)13)9-14-11(16)17-12(2,3)4/h6-8H,9,13H2,1-5H3,(H,14,16)/b8-7-,10-6+. The summed E-state index contributed by atoms with van der Waals surface area (Å²) < 4.78 is 5.12. The van der Waals surface area contributed by atoms with Crippen LogP contribution in [-0.2, 0) is 4.74 Å². The highest BCUT2D eigenvalue weighted by Crippen LogP contribution is 2.06. The molecule has 98 valence electrons. The van der Waals surface area contributed by atoms with Gasteiger partial charge in [0.15, 0.2) is 0 Å². The Morgan fingerprint density at radius 3 is 2.47 bits per heavy atom. The van der Waals surface area contributed by atoms with E-state index in [1.54, 1.807) is 13.2 Å². The first-order chi connectivity index (χ1) is 7.74. The molecule has 0 rings (SSSR count). The van der Waals surface area contributed by atoms with Crippen molar-refractivity contribution in [3.05, 3.63) is 23.9 Å². The van der Waals surface area contributed by atoms with Gasteiger partial charge in [0, 0.05) is 19.8 Å². The molecular weight excluding hydrogens is 218 g/mol. The van der Waals surface area contributed by atoms with Crippen LogP contribution in [0.5, 0.6) is 0 Å². The van der Waals surface area contributed by atoms with Gasteiger partial charge in [-0.2, -0.15) is 0 Å². The SMILES string of the molecule is C/C=C(\C=C/N(C)N)CNC(=O)OC(C)(C)C. The van der Waals surface area contributed by atoms with Gasteiger partial charge in [0.1, 0.15) is 5.60 Å². The van der Waals surface area contributed by atoms with Gasteiger partial charge in [-0.15, -0.1) is 0 Å². The van der Waals surface area contributed by atoms with Crippen LogP contribution in [0.1, 0.15) is 27.7 Å². The van der Waals surface area contributed by atoms with Crippen molar-refractivity contribution in [2.75, 3.05) is 13.6 Å². The summed E-state index contributed by atoms with van der Waals surface area (Å²) in [5.74, 6) is 5.44. The topological polar surface area (TPSA) is 67.6 Å². The lowest BCUT2D eigenvalue weighted by atomic mass is 10.2. The molecule has 0 aromatic heterocycles. The molecule has 5 heteroatoms. The first kappa shape index (κ1) is 15.5. The Morgan fingerprint density at radius 1 is 1.47 bits per heavy atom. The molecule has 0 aromatic carbocycles. The second-order valence-electron chi connectivity index (χ2n) is 4.70. The van der Waals surface area contributed by atoms with Crippen molar-refractivity contribution >= 4 is 6.09 Å². The van der Waals surface area contributed by atoms with Gasteiger partial charge >= 0.3 is 6.09 Å². The molecule has 0 unspecified atom stereocenters. The van der Waals surface area contributed by atoms with E-state index in [1.807, 2.05) is 39.8 Å². The van der Waals surface area contributed by atoms with Gasteiger partial charge in [-0.1, -0.05) is 6.08 Å². The number of rotatable bonds is 4. The maximum Gasteiger partial charge on any atom is 0.407 e. The summed E-state index contributed by atoms with van der Waals surface area (Å²) >= 11 is 0. The lowest BCUT2D eigenvalue weighted by molar-refractivity contribution is 0.0533. The minimum atomic E-state index is -0.479. The predicted molar refractivity (Wildman–Crippen MR) is 69.1 cm³/mol. The molecule has 0 bridgehead atoms. The Labute approximate surface area is 103 Å². The number of nitrogens with one attached hydrogen (secondary N) is 1. The number of hydrogen-bond acceptors (Lipinski definition) is 4. The van der Waals surface area contributed by atoms with Crippen LogP contribution in [0.15, 0.2) is 23.9 Å². The highest BCUT2D eigenvalue weighted by atomic mass is 16.6. The van der Waals surface area contributed by atoms with Gasteiger partial charge in [0.05, 0.1) is 0 Å². The van der Waals surface area contributed by atoms with E-state index in [4.69, 9.17) is 10.6 Å². The summed E-state index contributed by atoms with van der Waals surface area (Å²) in [5.41, 5.74) is 0.473. The van der Waals surface area contributed by atoms with E-state index < -0.39 is 11.7 Å². The van der Waals surface area contributed by atoms with Gasteiger partial charge in [0.2, 0.25) is 0 Å². The second-order valence-corrected chi connectivity index (χ2v) is 4.70. The number of hydrazine groups is 1. The van der Waals surface area contributed by atoms with Gasteiger partial charge in [0.25, 0.3) is 0 Å². The zero-order valence-corrected chi connectivity index (χ0v) is 11.3. The molecule has 0 atom stereocenters. The Kier molecular flexibility index (Phi) is 6.35. The molecule has 3 N–H and O–H groups in total. The van der Waals surface area contributed by atoms with Crippen molar-refractivity contribution in [3.8, 4) is 0 Å². The third-order valence-corrected chi connectivity index (χ3v) is 1.73. The fourth-order valence-corrected chi connectivity index (χ4v) is 0.959. The molecule has 5 nitrogen and oxygen atoms in total. The van der Waals surface area contributed by atoms with E-state index in [0.717, 1.165) is 5.57 Å². The third-order valence-electron chi connectivity index (χ3n) is 1.73.